The molecule has 32 heavy (non-hydrogen) atoms. The minimum absolute atomic E-state index is 0.173. The number of carbonyl (C=O) groups excluding carboxylic acids is 1. The molecule has 1 amide bonds. The summed E-state index contributed by atoms with van der Waals surface area (Å²) in [6.45, 7) is 0.0429. The Labute approximate surface area is 183 Å². The molecular formula is C24H22FN3O4. The first-order valence-electron chi connectivity index (χ1n) is 9.93. The number of fused-ring (bicyclic) bond motifs is 1. The van der Waals surface area contributed by atoms with Crippen molar-refractivity contribution in [2.45, 2.75) is 13.1 Å². The number of halogens is 1. The van der Waals surface area contributed by atoms with Crippen molar-refractivity contribution < 1.29 is 18.7 Å². The van der Waals surface area contributed by atoms with Crippen LogP contribution in [0.2, 0.25) is 0 Å². The lowest BCUT2D eigenvalue weighted by Crippen LogP contribution is -2.28. The molecule has 2 aromatic heterocycles. The smallest absolute Gasteiger partial charge is 0.275 e. The lowest BCUT2D eigenvalue weighted by molar-refractivity contribution is -0.116. The third-order valence-corrected chi connectivity index (χ3v) is 5.17. The van der Waals surface area contributed by atoms with E-state index in [0.717, 1.165) is 5.39 Å². The number of benzene rings is 2. The highest BCUT2D eigenvalue weighted by atomic mass is 19.1. The molecule has 0 saturated heterocycles. The summed E-state index contributed by atoms with van der Waals surface area (Å²) in [5.41, 5.74) is 1.08. The van der Waals surface area contributed by atoms with Gasteiger partial charge in [-0.15, -0.1) is 0 Å². The van der Waals surface area contributed by atoms with Gasteiger partial charge < -0.3 is 23.9 Å². The van der Waals surface area contributed by atoms with E-state index in [1.54, 1.807) is 65.5 Å². The number of hydrogen-bond donors (Lipinski definition) is 1. The number of aromatic nitrogens is 2. The van der Waals surface area contributed by atoms with Crippen molar-refractivity contribution in [3.63, 3.8) is 0 Å². The van der Waals surface area contributed by atoms with E-state index in [2.05, 4.69) is 5.32 Å². The molecule has 2 heterocycles. The van der Waals surface area contributed by atoms with E-state index in [9.17, 15) is 14.0 Å². The molecule has 2 aromatic carbocycles. The first kappa shape index (κ1) is 21.2. The van der Waals surface area contributed by atoms with Gasteiger partial charge in [0.05, 0.1) is 20.8 Å². The average molecular weight is 435 g/mol. The van der Waals surface area contributed by atoms with Gasteiger partial charge >= 0.3 is 0 Å². The van der Waals surface area contributed by atoms with Crippen molar-refractivity contribution in [3.05, 3.63) is 88.7 Å². The molecule has 0 aliphatic heterocycles. The Balaban J connectivity index is 1.57. The van der Waals surface area contributed by atoms with E-state index in [1.165, 1.54) is 24.9 Å². The van der Waals surface area contributed by atoms with Gasteiger partial charge in [-0.1, -0.05) is 18.2 Å². The summed E-state index contributed by atoms with van der Waals surface area (Å²) in [5, 5.41) is 3.48. The molecule has 1 N–H and O–H groups in total. The highest BCUT2D eigenvalue weighted by Gasteiger charge is 2.13. The van der Waals surface area contributed by atoms with Crippen molar-refractivity contribution in [1.29, 1.82) is 0 Å². The molecule has 0 spiro atoms. The molecule has 0 fully saturated rings. The summed E-state index contributed by atoms with van der Waals surface area (Å²) in [7, 11) is 3.04. The highest BCUT2D eigenvalue weighted by Crippen LogP contribution is 2.29. The monoisotopic (exact) mass is 435 g/mol. The van der Waals surface area contributed by atoms with Gasteiger partial charge in [0.2, 0.25) is 5.91 Å². The summed E-state index contributed by atoms with van der Waals surface area (Å²) in [4.78, 5) is 25.7. The predicted octanol–water partition coefficient (Wildman–Crippen LogP) is 3.65. The van der Waals surface area contributed by atoms with Crippen LogP contribution in [-0.4, -0.2) is 29.3 Å². The topological polar surface area (TPSA) is 74.5 Å². The van der Waals surface area contributed by atoms with Crippen molar-refractivity contribution >= 4 is 22.5 Å². The van der Waals surface area contributed by atoms with E-state index in [-0.39, 0.29) is 30.4 Å². The molecule has 0 aliphatic rings. The van der Waals surface area contributed by atoms with Gasteiger partial charge in [0.1, 0.15) is 17.9 Å². The number of pyridine rings is 1. The van der Waals surface area contributed by atoms with Gasteiger partial charge in [0.25, 0.3) is 5.56 Å². The van der Waals surface area contributed by atoms with Gasteiger partial charge in [0, 0.05) is 35.1 Å². The summed E-state index contributed by atoms with van der Waals surface area (Å²) in [5.74, 6) is 0.323. The molecule has 0 saturated carbocycles. The number of carbonyl (C=O) groups is 1. The fraction of sp³-hybridized carbons (Fsp3) is 0.167. The van der Waals surface area contributed by atoms with Crippen LogP contribution in [0.1, 0.15) is 5.56 Å². The molecule has 4 aromatic rings. The van der Waals surface area contributed by atoms with Crippen LogP contribution in [0.15, 0.2) is 71.8 Å². The minimum atomic E-state index is -0.370. The maximum absolute atomic E-state index is 14.1. The Bertz CT molecular complexity index is 1340. The van der Waals surface area contributed by atoms with E-state index >= 15 is 0 Å². The molecule has 164 valence electrons. The third-order valence-electron chi connectivity index (χ3n) is 5.17. The largest absolute Gasteiger partial charge is 0.493 e. The van der Waals surface area contributed by atoms with Crippen LogP contribution in [0.5, 0.6) is 11.5 Å². The van der Waals surface area contributed by atoms with Gasteiger partial charge in [-0.05, 0) is 30.3 Å². The van der Waals surface area contributed by atoms with E-state index in [0.29, 0.717) is 28.3 Å². The average Bonchev–Trinajstić information content (AvgIpc) is 3.20. The molecule has 7 nitrogen and oxygen atoms in total. The maximum Gasteiger partial charge on any atom is 0.275 e. The third kappa shape index (κ3) is 4.20. The van der Waals surface area contributed by atoms with Crippen LogP contribution in [0.4, 0.5) is 10.1 Å². The van der Waals surface area contributed by atoms with Gasteiger partial charge in [-0.25, -0.2) is 4.39 Å². The van der Waals surface area contributed by atoms with E-state index in [1.807, 2.05) is 0 Å². The molecule has 0 bridgehead atoms. The second-order valence-corrected chi connectivity index (χ2v) is 7.21. The second-order valence-electron chi connectivity index (χ2n) is 7.21. The lowest BCUT2D eigenvalue weighted by Gasteiger charge is -2.12. The first-order valence-corrected chi connectivity index (χ1v) is 9.93. The van der Waals surface area contributed by atoms with E-state index in [4.69, 9.17) is 9.47 Å². The number of amides is 1. The fourth-order valence-corrected chi connectivity index (χ4v) is 3.58. The van der Waals surface area contributed by atoms with Gasteiger partial charge in [-0.3, -0.25) is 9.59 Å². The summed E-state index contributed by atoms with van der Waals surface area (Å²) < 4.78 is 27.5. The molecule has 0 radical (unpaired) electrons. The van der Waals surface area contributed by atoms with Crippen molar-refractivity contribution in [2.24, 2.45) is 0 Å². The molecule has 0 atom stereocenters. The standard InChI is InChI=1S/C24H22FN3O4/c1-31-20-8-7-18(13-21(20)32-2)26-22(29)15-28-12-10-16-9-11-27(23(16)24(28)30)14-17-5-3-4-6-19(17)25/h3-13H,14-15H2,1-2H3,(H,26,29). The molecule has 0 aliphatic carbocycles. The molecule has 4 rings (SSSR count). The quantitative estimate of drug-likeness (QED) is 0.481. The number of rotatable bonds is 7. The normalized spacial score (nSPS) is 10.8. The Morgan fingerprint density at radius 1 is 0.969 bits per heavy atom. The van der Waals surface area contributed by atoms with Crippen LogP contribution >= 0.6 is 0 Å². The minimum Gasteiger partial charge on any atom is -0.493 e. The Hall–Kier alpha value is -4.07. The van der Waals surface area contributed by atoms with Crippen molar-refractivity contribution in [2.75, 3.05) is 19.5 Å². The summed E-state index contributed by atoms with van der Waals surface area (Å²) in [6.07, 6.45) is 3.32. The van der Waals surface area contributed by atoms with Crippen LogP contribution in [0.25, 0.3) is 10.9 Å². The van der Waals surface area contributed by atoms with Crippen LogP contribution in [0.3, 0.4) is 0 Å². The fourth-order valence-electron chi connectivity index (χ4n) is 3.58. The van der Waals surface area contributed by atoms with E-state index < -0.39 is 0 Å². The molecule has 8 heteroatoms. The summed E-state index contributed by atoms with van der Waals surface area (Å²) >= 11 is 0. The predicted molar refractivity (Wildman–Crippen MR) is 120 cm³/mol. The van der Waals surface area contributed by atoms with Crippen LogP contribution < -0.4 is 20.3 Å². The number of nitrogens with zero attached hydrogens (tertiary/aromatic N) is 2. The number of ether oxygens (including phenoxy) is 2. The van der Waals surface area contributed by atoms with Crippen LogP contribution in [0, 0.1) is 5.82 Å². The SMILES string of the molecule is COc1ccc(NC(=O)Cn2ccc3ccn(Cc4ccccc4F)c3c2=O)cc1OC. The maximum atomic E-state index is 14.1. The number of nitrogens with one attached hydrogen (secondary N) is 1. The van der Waals surface area contributed by atoms with Crippen molar-refractivity contribution in [3.8, 4) is 11.5 Å². The zero-order valence-electron chi connectivity index (χ0n) is 17.7. The first-order chi connectivity index (χ1) is 15.5. The number of hydrogen-bond acceptors (Lipinski definition) is 4. The summed E-state index contributed by atoms with van der Waals surface area (Å²) in [6, 6.07) is 15.0. The Morgan fingerprint density at radius 3 is 2.41 bits per heavy atom. The second kappa shape index (κ2) is 8.97. The zero-order chi connectivity index (χ0) is 22.7. The Morgan fingerprint density at radius 2 is 1.69 bits per heavy atom. The highest BCUT2D eigenvalue weighted by molar-refractivity contribution is 5.91. The van der Waals surface area contributed by atoms with Gasteiger partial charge in [-0.2, -0.15) is 0 Å². The van der Waals surface area contributed by atoms with Gasteiger partial charge in [0.15, 0.2) is 11.5 Å². The molecular weight excluding hydrogens is 413 g/mol. The number of methoxy groups -OCH3 is 2. The number of anilines is 1. The van der Waals surface area contributed by atoms with Crippen LogP contribution in [-0.2, 0) is 17.9 Å². The van der Waals surface area contributed by atoms with Crippen molar-refractivity contribution in [1.82, 2.24) is 9.13 Å². The Kier molecular flexibility index (Phi) is 5.93. The molecule has 0 unspecified atom stereocenters. The zero-order valence-corrected chi connectivity index (χ0v) is 17.7. The lowest BCUT2D eigenvalue weighted by atomic mass is 10.2.